The Kier molecular flexibility index (Phi) is 11.5. The Morgan fingerprint density at radius 3 is 1.69 bits per heavy atom. The molecule has 14 heteroatoms. The van der Waals surface area contributed by atoms with Crippen LogP contribution in [0.25, 0.3) is 0 Å². The monoisotopic (exact) mass is 582 g/mol. The molecule has 0 aliphatic carbocycles. The minimum absolute atomic E-state index is 0.0704. The van der Waals surface area contributed by atoms with E-state index in [4.69, 9.17) is 5.73 Å². The molecule has 216 valence electrons. The van der Waals surface area contributed by atoms with Gasteiger partial charge in [0, 0.05) is 10.8 Å². The maximum atomic E-state index is 13.1. The van der Waals surface area contributed by atoms with Crippen LogP contribution in [0.3, 0.4) is 0 Å². The number of hydrogen-bond donors (Lipinski definition) is 6. The van der Waals surface area contributed by atoms with Crippen molar-refractivity contribution in [2.24, 2.45) is 23.5 Å². The Bertz CT molecular complexity index is 1160. The lowest BCUT2D eigenvalue weighted by atomic mass is 10.0. The number of nitrogens with one attached hydrogen (secondary N) is 3. The number of nitrogens with two attached hydrogens (primary N) is 1. The van der Waals surface area contributed by atoms with E-state index in [1.165, 1.54) is 23.6 Å². The molecule has 2 aromatic heterocycles. The van der Waals surface area contributed by atoms with Crippen molar-refractivity contribution in [2.75, 3.05) is 0 Å². The molecule has 12 nitrogen and oxygen atoms in total. The molecule has 0 fully saturated rings. The molecule has 0 aliphatic heterocycles. The van der Waals surface area contributed by atoms with Crippen LogP contribution in [-0.4, -0.2) is 62.1 Å². The van der Waals surface area contributed by atoms with Crippen LogP contribution < -0.4 is 21.7 Å². The number of carboxylic acids is 1. The summed E-state index contributed by atoms with van der Waals surface area (Å²) in [7, 11) is 0. The fourth-order valence-corrected chi connectivity index (χ4v) is 5.54. The standard InChI is InChI=1S/C25H38N6O6S2/c1-10(2)16(26)21(34)31-19(13(7)32)22(35)30-18(12(5)6)23-27-14(8-38-23)20(33)29-17(11(3)4)24-28-15(9-39-24)25(36)37/h8-13,16-19,32H,26H2,1-7H3,(H,29,33)(H,30,35)(H,31,34)(H,36,37)/t13-,16-,17-,18-,19-/m0/s1. The third-order valence-corrected chi connectivity index (χ3v) is 7.88. The molecule has 39 heavy (non-hydrogen) atoms. The number of hydrogen-bond acceptors (Lipinski definition) is 10. The van der Waals surface area contributed by atoms with Crippen molar-refractivity contribution in [3.63, 3.8) is 0 Å². The SMILES string of the molecule is CC(C)[C@H](N)C(=O)N[C@H](C(=O)N[C@H](c1nc(C(=O)N[C@H](c2nc(C(=O)O)cs2)C(C)C)cs1)C(C)C)[C@H](C)O. The molecule has 0 radical (unpaired) electrons. The van der Waals surface area contributed by atoms with Crippen molar-refractivity contribution in [3.8, 4) is 0 Å². The Labute approximate surface area is 235 Å². The molecule has 2 rings (SSSR count). The molecule has 0 aromatic carbocycles. The van der Waals surface area contributed by atoms with Crippen molar-refractivity contribution in [2.45, 2.75) is 78.7 Å². The lowest BCUT2D eigenvalue weighted by Crippen LogP contribution is -2.57. The number of thiazole rings is 2. The predicted octanol–water partition coefficient (Wildman–Crippen LogP) is 2.09. The highest BCUT2D eigenvalue weighted by Gasteiger charge is 2.32. The second-order valence-corrected chi connectivity index (χ2v) is 12.1. The van der Waals surface area contributed by atoms with E-state index in [-0.39, 0.29) is 29.1 Å². The number of carbonyl (C=O) groups is 4. The van der Waals surface area contributed by atoms with Crippen LogP contribution in [0.15, 0.2) is 10.8 Å². The molecule has 0 saturated carbocycles. The Balaban J connectivity index is 2.19. The summed E-state index contributed by atoms with van der Waals surface area (Å²) in [5.41, 5.74) is 5.94. The molecule has 0 unspecified atom stereocenters. The summed E-state index contributed by atoms with van der Waals surface area (Å²) in [6, 6.07) is -3.19. The molecular weight excluding hydrogens is 544 g/mol. The van der Waals surface area contributed by atoms with E-state index < -0.39 is 54.0 Å². The van der Waals surface area contributed by atoms with Crippen LogP contribution in [0.1, 0.15) is 91.5 Å². The van der Waals surface area contributed by atoms with Crippen LogP contribution in [0.4, 0.5) is 0 Å². The van der Waals surface area contributed by atoms with Crippen LogP contribution in [0.5, 0.6) is 0 Å². The van der Waals surface area contributed by atoms with Crippen LogP contribution in [-0.2, 0) is 9.59 Å². The van der Waals surface area contributed by atoms with Gasteiger partial charge in [0.2, 0.25) is 11.8 Å². The van der Waals surface area contributed by atoms with Crippen LogP contribution in [0, 0.1) is 17.8 Å². The Morgan fingerprint density at radius 1 is 0.769 bits per heavy atom. The number of rotatable bonds is 13. The number of amides is 3. The van der Waals surface area contributed by atoms with E-state index in [1.807, 2.05) is 27.7 Å². The Morgan fingerprint density at radius 2 is 1.26 bits per heavy atom. The maximum Gasteiger partial charge on any atom is 0.355 e. The van der Waals surface area contributed by atoms with Crippen LogP contribution >= 0.6 is 22.7 Å². The minimum Gasteiger partial charge on any atom is -0.476 e. The number of carbonyl (C=O) groups excluding carboxylic acids is 3. The molecule has 0 bridgehead atoms. The fraction of sp³-hybridized carbons (Fsp3) is 0.600. The average molecular weight is 583 g/mol. The van der Waals surface area contributed by atoms with Gasteiger partial charge in [-0.1, -0.05) is 41.5 Å². The molecule has 2 aromatic rings. The van der Waals surface area contributed by atoms with E-state index in [1.54, 1.807) is 19.2 Å². The van der Waals surface area contributed by atoms with E-state index in [9.17, 15) is 29.4 Å². The first-order valence-corrected chi connectivity index (χ1v) is 14.4. The van der Waals surface area contributed by atoms with Crippen LogP contribution in [0.2, 0.25) is 0 Å². The van der Waals surface area contributed by atoms with Gasteiger partial charge in [-0.2, -0.15) is 0 Å². The first-order valence-electron chi connectivity index (χ1n) is 12.6. The first-order chi connectivity index (χ1) is 18.1. The molecule has 0 saturated heterocycles. The summed E-state index contributed by atoms with van der Waals surface area (Å²) >= 11 is 2.35. The molecule has 5 atom stereocenters. The van der Waals surface area contributed by atoms with E-state index in [0.717, 1.165) is 11.3 Å². The van der Waals surface area contributed by atoms with Gasteiger partial charge in [0.15, 0.2) is 5.69 Å². The number of aromatic carboxylic acids is 1. The smallest absolute Gasteiger partial charge is 0.355 e. The summed E-state index contributed by atoms with van der Waals surface area (Å²) < 4.78 is 0. The zero-order chi connectivity index (χ0) is 29.6. The summed E-state index contributed by atoms with van der Waals surface area (Å²) in [6.45, 7) is 12.5. The highest BCUT2D eigenvalue weighted by atomic mass is 32.1. The number of aliphatic hydroxyl groups excluding tert-OH is 1. The topological polar surface area (TPSA) is 197 Å². The molecule has 7 N–H and O–H groups in total. The van der Waals surface area contributed by atoms with E-state index in [0.29, 0.717) is 10.0 Å². The van der Waals surface area contributed by atoms with Gasteiger partial charge in [0.05, 0.1) is 24.2 Å². The zero-order valence-electron chi connectivity index (χ0n) is 23.1. The van der Waals surface area contributed by atoms with Crippen molar-refractivity contribution < 1.29 is 29.4 Å². The second-order valence-electron chi connectivity index (χ2n) is 10.4. The highest BCUT2D eigenvalue weighted by Crippen LogP contribution is 2.28. The molecule has 0 aliphatic rings. The molecular formula is C25H38N6O6S2. The van der Waals surface area contributed by atoms with Gasteiger partial charge in [-0.05, 0) is 24.7 Å². The van der Waals surface area contributed by atoms with Crippen molar-refractivity contribution in [1.29, 1.82) is 0 Å². The van der Waals surface area contributed by atoms with Gasteiger partial charge in [-0.3, -0.25) is 14.4 Å². The number of aromatic nitrogens is 2. The number of aliphatic hydroxyl groups is 1. The predicted molar refractivity (Wildman–Crippen MR) is 148 cm³/mol. The third-order valence-electron chi connectivity index (χ3n) is 6.03. The van der Waals surface area contributed by atoms with Gasteiger partial charge in [0.1, 0.15) is 21.8 Å². The summed E-state index contributed by atoms with van der Waals surface area (Å²) in [6.07, 6.45) is -1.18. The van der Waals surface area contributed by atoms with Gasteiger partial charge >= 0.3 is 5.97 Å². The quantitative estimate of drug-likeness (QED) is 0.205. The average Bonchev–Trinajstić information content (AvgIpc) is 3.53. The van der Waals surface area contributed by atoms with E-state index >= 15 is 0 Å². The van der Waals surface area contributed by atoms with E-state index in [2.05, 4.69) is 25.9 Å². The van der Waals surface area contributed by atoms with Crippen molar-refractivity contribution >= 4 is 46.4 Å². The van der Waals surface area contributed by atoms with Gasteiger partial charge in [0.25, 0.3) is 5.91 Å². The van der Waals surface area contributed by atoms with Gasteiger partial charge in [-0.25, -0.2) is 14.8 Å². The number of carboxylic acid groups (broad SMARTS) is 1. The largest absolute Gasteiger partial charge is 0.476 e. The maximum absolute atomic E-state index is 13.1. The normalized spacial score (nSPS) is 15.5. The molecule has 3 amide bonds. The first kappa shape index (κ1) is 32.3. The lowest BCUT2D eigenvalue weighted by molar-refractivity contribution is -0.133. The lowest BCUT2D eigenvalue weighted by Gasteiger charge is -2.27. The second kappa shape index (κ2) is 13.9. The van der Waals surface area contributed by atoms with Gasteiger partial charge < -0.3 is 31.9 Å². The highest BCUT2D eigenvalue weighted by molar-refractivity contribution is 7.10. The summed E-state index contributed by atoms with van der Waals surface area (Å²) in [5, 5.41) is 31.5. The third kappa shape index (κ3) is 8.52. The summed E-state index contributed by atoms with van der Waals surface area (Å²) in [5.74, 6) is -3.11. The molecule has 2 heterocycles. The number of nitrogens with zero attached hydrogens (tertiary/aromatic N) is 2. The Hall–Kier alpha value is -2.94. The van der Waals surface area contributed by atoms with Crippen molar-refractivity contribution in [1.82, 2.24) is 25.9 Å². The molecule has 0 spiro atoms. The zero-order valence-corrected chi connectivity index (χ0v) is 24.7. The minimum atomic E-state index is -1.23. The van der Waals surface area contributed by atoms with Gasteiger partial charge in [-0.15, -0.1) is 22.7 Å². The summed E-state index contributed by atoms with van der Waals surface area (Å²) in [4.78, 5) is 58.4. The van der Waals surface area contributed by atoms with Crippen molar-refractivity contribution in [3.05, 3.63) is 32.2 Å². The fourth-order valence-electron chi connectivity index (χ4n) is 3.51.